The molecule has 0 unspecified atom stereocenters. The Kier molecular flexibility index (Phi) is 7.02. The van der Waals surface area contributed by atoms with Gasteiger partial charge in [0.15, 0.2) is 0 Å². The molecule has 1 aromatic heterocycles. The molecule has 1 aromatic carbocycles. The van der Waals surface area contributed by atoms with E-state index in [4.69, 9.17) is 9.47 Å². The van der Waals surface area contributed by atoms with Crippen molar-refractivity contribution in [1.82, 2.24) is 4.98 Å². The Morgan fingerprint density at radius 2 is 1.37 bits per heavy atom. The maximum absolute atomic E-state index is 11.1. The van der Waals surface area contributed by atoms with Crippen molar-refractivity contribution in [3.63, 3.8) is 0 Å². The fourth-order valence-corrected chi connectivity index (χ4v) is 3.36. The summed E-state index contributed by atoms with van der Waals surface area (Å²) >= 11 is 1.81. The highest BCUT2D eigenvalue weighted by Crippen LogP contribution is 2.33. The number of benzene rings is 1. The van der Waals surface area contributed by atoms with Crippen LogP contribution < -0.4 is 0 Å². The molecule has 0 radical (unpaired) electrons. The molecule has 0 atom stereocenters. The molecule has 6 heteroatoms. The van der Waals surface area contributed by atoms with Gasteiger partial charge in [0.25, 0.3) is 0 Å². The van der Waals surface area contributed by atoms with Crippen LogP contribution in [0.4, 0.5) is 0 Å². The molecule has 0 saturated carbocycles. The molecule has 2 aromatic rings. The minimum absolute atomic E-state index is 0.0776. The van der Waals surface area contributed by atoms with E-state index in [0.717, 1.165) is 11.1 Å². The van der Waals surface area contributed by atoms with Crippen LogP contribution in [0.1, 0.15) is 46.0 Å². The monoisotopic (exact) mass is 387 g/mol. The number of aromatic nitrogens is 1. The van der Waals surface area contributed by atoms with Crippen molar-refractivity contribution in [3.05, 3.63) is 47.8 Å². The van der Waals surface area contributed by atoms with E-state index in [0.29, 0.717) is 11.4 Å². The SMILES string of the molecule is CC(=O)OCc1cc(-c2ccc(SC(C)(C)C)cc2)cc(COC(C)=O)n1. The topological polar surface area (TPSA) is 65.5 Å². The molecule has 0 amide bonds. The zero-order valence-corrected chi connectivity index (χ0v) is 17.2. The average molecular weight is 388 g/mol. The number of carbonyl (C=O) groups is 2. The number of ether oxygens (including phenoxy) is 2. The highest BCUT2D eigenvalue weighted by Gasteiger charge is 2.12. The zero-order valence-electron chi connectivity index (χ0n) is 16.4. The van der Waals surface area contributed by atoms with Crippen LogP contribution in [-0.2, 0) is 32.3 Å². The number of hydrogen-bond donors (Lipinski definition) is 0. The Morgan fingerprint density at radius 3 is 1.78 bits per heavy atom. The maximum Gasteiger partial charge on any atom is 0.303 e. The summed E-state index contributed by atoms with van der Waals surface area (Å²) in [7, 11) is 0. The Bertz CT molecular complexity index is 774. The van der Waals surface area contributed by atoms with Crippen LogP contribution >= 0.6 is 11.8 Å². The van der Waals surface area contributed by atoms with E-state index in [1.165, 1.54) is 18.7 Å². The van der Waals surface area contributed by atoms with Gasteiger partial charge in [-0.15, -0.1) is 11.8 Å². The lowest BCUT2D eigenvalue weighted by Gasteiger charge is -2.17. The average Bonchev–Trinajstić information content (AvgIpc) is 2.57. The predicted molar refractivity (Wildman–Crippen MR) is 106 cm³/mol. The van der Waals surface area contributed by atoms with Crippen LogP contribution in [0.2, 0.25) is 0 Å². The molecule has 0 aliphatic heterocycles. The summed E-state index contributed by atoms with van der Waals surface area (Å²) in [4.78, 5) is 27.8. The molecular formula is C21H25NO4S. The molecule has 0 fully saturated rings. The molecule has 27 heavy (non-hydrogen) atoms. The summed E-state index contributed by atoms with van der Waals surface area (Å²) in [5, 5.41) is 0. The quantitative estimate of drug-likeness (QED) is 0.526. The van der Waals surface area contributed by atoms with E-state index >= 15 is 0 Å². The van der Waals surface area contributed by atoms with Crippen LogP contribution in [0, 0.1) is 0 Å². The van der Waals surface area contributed by atoms with Gasteiger partial charge < -0.3 is 9.47 Å². The summed E-state index contributed by atoms with van der Waals surface area (Å²) in [6.07, 6.45) is 0. The van der Waals surface area contributed by atoms with Crippen LogP contribution in [0.25, 0.3) is 11.1 Å². The first kappa shape index (κ1) is 21.0. The number of pyridine rings is 1. The van der Waals surface area contributed by atoms with Crippen molar-refractivity contribution in [2.45, 2.75) is 57.5 Å². The van der Waals surface area contributed by atoms with Gasteiger partial charge in [0.2, 0.25) is 0 Å². The van der Waals surface area contributed by atoms with E-state index < -0.39 is 0 Å². The first-order valence-corrected chi connectivity index (χ1v) is 9.50. The van der Waals surface area contributed by atoms with E-state index in [1.54, 1.807) is 11.8 Å². The van der Waals surface area contributed by atoms with Gasteiger partial charge in [0.1, 0.15) is 13.2 Å². The minimum Gasteiger partial charge on any atom is -0.459 e. The van der Waals surface area contributed by atoms with Gasteiger partial charge in [-0.05, 0) is 35.4 Å². The van der Waals surface area contributed by atoms with Gasteiger partial charge >= 0.3 is 11.9 Å². The number of carbonyl (C=O) groups excluding carboxylic acids is 2. The molecule has 1 heterocycles. The van der Waals surface area contributed by atoms with Crippen molar-refractivity contribution >= 4 is 23.7 Å². The lowest BCUT2D eigenvalue weighted by molar-refractivity contribution is -0.142. The number of thioether (sulfide) groups is 1. The lowest BCUT2D eigenvalue weighted by Crippen LogP contribution is -2.06. The molecular weight excluding hydrogens is 362 g/mol. The van der Waals surface area contributed by atoms with Gasteiger partial charge in [-0.3, -0.25) is 14.6 Å². The third kappa shape index (κ3) is 7.43. The van der Waals surface area contributed by atoms with Crippen LogP contribution in [-0.4, -0.2) is 21.7 Å². The van der Waals surface area contributed by atoms with Crippen LogP contribution in [0.5, 0.6) is 0 Å². The smallest absolute Gasteiger partial charge is 0.303 e. The Morgan fingerprint density at radius 1 is 0.889 bits per heavy atom. The Hall–Kier alpha value is -2.34. The summed E-state index contributed by atoms with van der Waals surface area (Å²) in [5.74, 6) is -0.736. The fourth-order valence-electron chi connectivity index (χ4n) is 2.38. The molecule has 2 rings (SSSR count). The van der Waals surface area contributed by atoms with E-state index in [1.807, 2.05) is 12.1 Å². The van der Waals surface area contributed by atoms with Gasteiger partial charge in [-0.1, -0.05) is 32.9 Å². The molecule has 0 aliphatic carbocycles. The van der Waals surface area contributed by atoms with E-state index in [2.05, 4.69) is 50.0 Å². The Labute approximate surface area is 164 Å². The lowest BCUT2D eigenvalue weighted by atomic mass is 10.0. The first-order valence-electron chi connectivity index (χ1n) is 8.68. The van der Waals surface area contributed by atoms with E-state index in [9.17, 15) is 9.59 Å². The minimum atomic E-state index is -0.368. The molecule has 144 valence electrons. The second-order valence-corrected chi connectivity index (χ2v) is 9.04. The van der Waals surface area contributed by atoms with Crippen molar-refractivity contribution in [1.29, 1.82) is 0 Å². The molecule has 5 nitrogen and oxygen atoms in total. The van der Waals surface area contributed by atoms with Crippen molar-refractivity contribution in [2.24, 2.45) is 0 Å². The number of esters is 2. The van der Waals surface area contributed by atoms with E-state index in [-0.39, 0.29) is 29.9 Å². The van der Waals surface area contributed by atoms with Gasteiger partial charge in [-0.2, -0.15) is 0 Å². The Balaban J connectivity index is 2.29. The largest absolute Gasteiger partial charge is 0.459 e. The molecule has 0 saturated heterocycles. The van der Waals surface area contributed by atoms with Crippen molar-refractivity contribution < 1.29 is 19.1 Å². The maximum atomic E-state index is 11.1. The zero-order chi connectivity index (χ0) is 20.0. The molecule has 0 aliphatic rings. The second kappa shape index (κ2) is 9.04. The van der Waals surface area contributed by atoms with Crippen LogP contribution in [0.3, 0.4) is 0 Å². The summed E-state index contributed by atoms with van der Waals surface area (Å²) in [6.45, 7) is 9.40. The van der Waals surface area contributed by atoms with Crippen LogP contribution in [0.15, 0.2) is 41.3 Å². The first-order chi connectivity index (χ1) is 12.6. The third-order valence-electron chi connectivity index (χ3n) is 3.39. The fraction of sp³-hybridized carbons (Fsp3) is 0.381. The molecule has 0 N–H and O–H groups in total. The summed E-state index contributed by atoms with van der Waals surface area (Å²) < 4.78 is 10.3. The van der Waals surface area contributed by atoms with Gasteiger partial charge in [0, 0.05) is 23.5 Å². The standard InChI is InChI=1S/C21H25NO4S/c1-14(23)25-12-18-10-17(11-19(22-18)13-26-15(2)24)16-6-8-20(9-7-16)27-21(3,4)5/h6-11H,12-13H2,1-5H3. The molecule has 0 spiro atoms. The second-order valence-electron chi connectivity index (χ2n) is 7.14. The summed E-state index contributed by atoms with van der Waals surface area (Å²) in [5.41, 5.74) is 3.17. The highest BCUT2D eigenvalue weighted by molar-refractivity contribution is 8.00. The van der Waals surface area contributed by atoms with Gasteiger partial charge in [0.05, 0.1) is 11.4 Å². The van der Waals surface area contributed by atoms with Gasteiger partial charge in [-0.25, -0.2) is 0 Å². The number of rotatable bonds is 6. The van der Waals surface area contributed by atoms with Crippen molar-refractivity contribution in [3.8, 4) is 11.1 Å². The third-order valence-corrected chi connectivity index (χ3v) is 4.51. The predicted octanol–water partition coefficient (Wildman–Crippen LogP) is 4.77. The highest BCUT2D eigenvalue weighted by atomic mass is 32.2. The number of hydrogen-bond acceptors (Lipinski definition) is 6. The number of nitrogens with zero attached hydrogens (tertiary/aromatic N) is 1. The summed E-state index contributed by atoms with van der Waals surface area (Å²) in [6, 6.07) is 12.0. The normalized spacial score (nSPS) is 11.1. The van der Waals surface area contributed by atoms with Crippen molar-refractivity contribution in [2.75, 3.05) is 0 Å². The molecule has 0 bridgehead atoms.